The van der Waals surface area contributed by atoms with Crippen molar-refractivity contribution in [1.82, 2.24) is 20.0 Å². The molecule has 206 valence electrons. The molecular weight excluding hydrogens is 452 g/mol. The van der Waals surface area contributed by atoms with E-state index in [9.17, 15) is 14.4 Å². The van der Waals surface area contributed by atoms with Crippen LogP contribution in [0.1, 0.15) is 93.4 Å². The molecule has 0 aromatic carbocycles. The average Bonchev–Trinajstić information content (AvgIpc) is 3.13. The summed E-state index contributed by atoms with van der Waals surface area (Å²) in [6, 6.07) is -0.729. The second-order valence-electron chi connectivity index (χ2n) is 11.8. The van der Waals surface area contributed by atoms with Crippen LogP contribution in [0.3, 0.4) is 0 Å². The van der Waals surface area contributed by atoms with Gasteiger partial charge in [-0.2, -0.15) is 0 Å². The normalized spacial score (nSPS) is 21.9. The zero-order chi connectivity index (χ0) is 27.0. The van der Waals surface area contributed by atoms with Crippen molar-refractivity contribution in [1.29, 1.82) is 0 Å². The average molecular weight is 505 g/mol. The molecule has 2 aliphatic heterocycles. The zero-order valence-electron chi connectivity index (χ0n) is 24.2. The first kappa shape index (κ1) is 30.3. The molecule has 0 radical (unpaired) electrons. The maximum Gasteiger partial charge on any atom is 0.249 e. The number of hydrogen-bond donors (Lipinski definition) is 1. The van der Waals surface area contributed by atoms with Crippen molar-refractivity contribution in [3.63, 3.8) is 0 Å². The molecule has 36 heavy (non-hydrogen) atoms. The molecule has 3 atom stereocenters. The minimum atomic E-state index is -0.602. The van der Waals surface area contributed by atoms with Gasteiger partial charge in [-0.05, 0) is 64.8 Å². The minimum Gasteiger partial charge on any atom is -0.343 e. The summed E-state index contributed by atoms with van der Waals surface area (Å²) < 4.78 is 0. The number of nitrogens with one attached hydrogen (secondary N) is 1. The number of likely N-dealkylation sites (N-methyl/N-ethyl adjacent to an activating group) is 1. The van der Waals surface area contributed by atoms with Gasteiger partial charge in [0.15, 0.2) is 0 Å². The third-order valence-corrected chi connectivity index (χ3v) is 7.87. The highest BCUT2D eigenvalue weighted by Crippen LogP contribution is 2.22. The van der Waals surface area contributed by atoms with E-state index in [-0.39, 0.29) is 47.7 Å². The van der Waals surface area contributed by atoms with E-state index in [0.29, 0.717) is 5.57 Å². The first-order chi connectivity index (χ1) is 17.0. The van der Waals surface area contributed by atoms with Crippen LogP contribution in [-0.4, -0.2) is 83.3 Å². The summed E-state index contributed by atoms with van der Waals surface area (Å²) in [7, 11) is 1.80. The Labute approximate surface area is 220 Å². The second-order valence-corrected chi connectivity index (χ2v) is 11.8. The predicted octanol–water partition coefficient (Wildman–Crippen LogP) is 4.22. The summed E-state index contributed by atoms with van der Waals surface area (Å²) in [5, 5.41) is 3.11. The smallest absolute Gasteiger partial charge is 0.249 e. The molecule has 0 aliphatic carbocycles. The second kappa shape index (κ2) is 14.2. The fourth-order valence-electron chi connectivity index (χ4n) is 5.58. The van der Waals surface area contributed by atoms with Gasteiger partial charge in [0.05, 0.1) is 12.1 Å². The molecule has 2 fully saturated rings. The molecule has 0 spiro atoms. The van der Waals surface area contributed by atoms with Gasteiger partial charge in [0, 0.05) is 31.8 Å². The van der Waals surface area contributed by atoms with Crippen molar-refractivity contribution < 1.29 is 14.4 Å². The molecule has 2 saturated heterocycles. The Morgan fingerprint density at radius 3 is 1.97 bits per heavy atom. The molecule has 7 nitrogen and oxygen atoms in total. The Hall–Kier alpha value is -1.89. The number of piperidine rings is 1. The van der Waals surface area contributed by atoms with Crippen molar-refractivity contribution in [3.05, 3.63) is 11.6 Å². The van der Waals surface area contributed by atoms with Gasteiger partial charge in [0.1, 0.15) is 6.04 Å². The summed E-state index contributed by atoms with van der Waals surface area (Å²) in [5.41, 5.74) is 0.690. The zero-order valence-corrected chi connectivity index (χ0v) is 24.2. The fourth-order valence-corrected chi connectivity index (χ4v) is 5.58. The number of carbonyl (C=O) groups excluding carboxylic acids is 3. The summed E-state index contributed by atoms with van der Waals surface area (Å²) >= 11 is 0. The lowest BCUT2D eigenvalue weighted by molar-refractivity contribution is -0.140. The first-order valence-electron chi connectivity index (χ1n) is 14.3. The number of amides is 3. The van der Waals surface area contributed by atoms with Gasteiger partial charge in [-0.3, -0.25) is 19.3 Å². The van der Waals surface area contributed by atoms with Gasteiger partial charge >= 0.3 is 0 Å². The molecule has 7 heteroatoms. The van der Waals surface area contributed by atoms with Gasteiger partial charge in [0.25, 0.3) is 0 Å². The first-order valence-corrected chi connectivity index (χ1v) is 14.3. The molecule has 0 bridgehead atoms. The van der Waals surface area contributed by atoms with E-state index >= 15 is 0 Å². The van der Waals surface area contributed by atoms with E-state index in [0.717, 1.165) is 51.7 Å². The lowest BCUT2D eigenvalue weighted by Gasteiger charge is -2.39. The lowest BCUT2D eigenvalue weighted by atomic mass is 9.95. The van der Waals surface area contributed by atoms with Crippen LogP contribution >= 0.6 is 0 Å². The third-order valence-electron chi connectivity index (χ3n) is 7.87. The van der Waals surface area contributed by atoms with E-state index in [1.165, 1.54) is 12.8 Å². The molecule has 2 aliphatic rings. The Kier molecular flexibility index (Phi) is 11.9. The van der Waals surface area contributed by atoms with E-state index in [2.05, 4.69) is 37.9 Å². The highest BCUT2D eigenvalue weighted by molar-refractivity contribution is 5.93. The number of nitrogens with zero attached hydrogens (tertiary/aromatic N) is 3. The predicted molar refractivity (Wildman–Crippen MR) is 146 cm³/mol. The molecule has 0 aromatic rings. The Bertz CT molecular complexity index is 768. The van der Waals surface area contributed by atoms with Crippen molar-refractivity contribution in [3.8, 4) is 0 Å². The molecule has 2 heterocycles. The summed E-state index contributed by atoms with van der Waals surface area (Å²) in [6.45, 7) is 16.7. The van der Waals surface area contributed by atoms with Crippen molar-refractivity contribution >= 4 is 17.7 Å². The van der Waals surface area contributed by atoms with Crippen LogP contribution in [0.4, 0.5) is 0 Å². The molecular formula is C29H52N4O3. The maximum absolute atomic E-state index is 13.7. The van der Waals surface area contributed by atoms with Crippen LogP contribution in [0.2, 0.25) is 0 Å². The van der Waals surface area contributed by atoms with Gasteiger partial charge in [-0.1, -0.05) is 53.0 Å². The van der Waals surface area contributed by atoms with Crippen LogP contribution < -0.4 is 5.32 Å². The molecule has 0 aromatic heterocycles. The van der Waals surface area contributed by atoms with Crippen molar-refractivity contribution in [2.45, 2.75) is 118 Å². The Morgan fingerprint density at radius 1 is 0.861 bits per heavy atom. The number of hydrogen-bond acceptors (Lipinski definition) is 4. The highest BCUT2D eigenvalue weighted by Gasteiger charge is 2.36. The number of carbonyl (C=O) groups is 3. The van der Waals surface area contributed by atoms with Gasteiger partial charge in [-0.15, -0.1) is 0 Å². The summed E-state index contributed by atoms with van der Waals surface area (Å²) in [5.74, 6) is 0.00663. The van der Waals surface area contributed by atoms with Crippen molar-refractivity contribution in [2.24, 2.45) is 11.8 Å². The Balaban J connectivity index is 2.17. The summed E-state index contributed by atoms with van der Waals surface area (Å²) in [4.78, 5) is 46.2. The standard InChI is InChI=1S/C29H52N4O3/c1-20(2)25(19-23(7)28(35)32-16-12-9-10-13-17-32)31(8)29(36)26(21(3)4)30-27(34)24-15-11-14-18-33(24)22(5)6/h19-22,24-26H,9-18H2,1-8H3,(H,30,34)/b23-19+/t24?,25-,26+/m1/s1. The van der Waals surface area contributed by atoms with E-state index in [1.54, 1.807) is 11.9 Å². The van der Waals surface area contributed by atoms with Crippen LogP contribution in [0.25, 0.3) is 0 Å². The lowest BCUT2D eigenvalue weighted by Crippen LogP contribution is -2.58. The van der Waals surface area contributed by atoms with Crippen LogP contribution in [-0.2, 0) is 14.4 Å². The summed E-state index contributed by atoms with van der Waals surface area (Å²) in [6.07, 6.45) is 9.38. The SMILES string of the molecule is C/C(=C\[C@H](C(C)C)N(C)C(=O)[C@@H](NC(=O)C1CCCCN1C(C)C)C(C)C)C(=O)N1CCCCCC1. The van der Waals surface area contributed by atoms with E-state index in [1.807, 2.05) is 31.7 Å². The quantitative estimate of drug-likeness (QED) is 0.477. The molecule has 1 N–H and O–H groups in total. The number of rotatable bonds is 9. The van der Waals surface area contributed by atoms with Crippen LogP contribution in [0.15, 0.2) is 11.6 Å². The van der Waals surface area contributed by atoms with Crippen molar-refractivity contribution in [2.75, 3.05) is 26.7 Å². The topological polar surface area (TPSA) is 73.0 Å². The maximum atomic E-state index is 13.7. The van der Waals surface area contributed by atoms with Gasteiger partial charge in [0.2, 0.25) is 17.7 Å². The van der Waals surface area contributed by atoms with Gasteiger partial charge in [-0.25, -0.2) is 0 Å². The molecule has 2 rings (SSSR count). The van der Waals surface area contributed by atoms with E-state index in [4.69, 9.17) is 0 Å². The van der Waals surface area contributed by atoms with Gasteiger partial charge < -0.3 is 15.1 Å². The van der Waals surface area contributed by atoms with E-state index < -0.39 is 6.04 Å². The molecule has 3 amide bonds. The Morgan fingerprint density at radius 2 is 1.44 bits per heavy atom. The molecule has 0 saturated carbocycles. The highest BCUT2D eigenvalue weighted by atomic mass is 16.2. The molecule has 1 unspecified atom stereocenters. The fraction of sp³-hybridized carbons (Fsp3) is 0.828. The monoisotopic (exact) mass is 504 g/mol. The van der Waals surface area contributed by atoms with Crippen LogP contribution in [0.5, 0.6) is 0 Å². The minimum absolute atomic E-state index is 0.0448. The van der Waals surface area contributed by atoms with Crippen LogP contribution in [0, 0.1) is 11.8 Å². The number of likely N-dealkylation sites (tertiary alicyclic amines) is 2. The third kappa shape index (κ3) is 8.06. The largest absolute Gasteiger partial charge is 0.343 e.